The van der Waals surface area contributed by atoms with Crippen molar-refractivity contribution >= 4 is 33.0 Å². The normalized spacial score (nSPS) is 10.8. The summed E-state index contributed by atoms with van der Waals surface area (Å²) in [5.74, 6) is 0.361. The number of aromatic nitrogens is 4. The fraction of sp³-hybridized carbons (Fsp3) is 0. The highest BCUT2D eigenvalue weighted by atomic mass is 32.1. The molecule has 4 rings (SSSR count). The van der Waals surface area contributed by atoms with Crippen molar-refractivity contribution in [1.29, 1.82) is 0 Å². The molecule has 2 N–H and O–H groups in total. The average molecular weight is 321 g/mol. The molecule has 0 spiro atoms. The van der Waals surface area contributed by atoms with E-state index >= 15 is 0 Å². The highest BCUT2D eigenvalue weighted by Crippen LogP contribution is 2.26. The molecule has 0 saturated carbocycles. The monoisotopic (exact) mass is 321 g/mol. The van der Waals surface area contributed by atoms with E-state index in [1.165, 1.54) is 11.3 Å². The van der Waals surface area contributed by atoms with E-state index < -0.39 is 0 Å². The van der Waals surface area contributed by atoms with Gasteiger partial charge in [0.15, 0.2) is 0 Å². The molecule has 2 aromatic heterocycles. The summed E-state index contributed by atoms with van der Waals surface area (Å²) < 4.78 is 1.10. The Morgan fingerprint density at radius 2 is 2.00 bits per heavy atom. The first-order chi connectivity index (χ1) is 11.3. The predicted octanol–water partition coefficient (Wildman–Crippen LogP) is 3.33. The molecule has 0 aliphatic heterocycles. The minimum Gasteiger partial charge on any atom is -0.321 e. The van der Waals surface area contributed by atoms with Crippen LogP contribution in [0.1, 0.15) is 9.67 Å². The van der Waals surface area contributed by atoms with Gasteiger partial charge >= 0.3 is 0 Å². The number of hydrogen-bond acceptors (Lipinski definition) is 5. The van der Waals surface area contributed by atoms with Crippen LogP contribution < -0.4 is 5.32 Å². The van der Waals surface area contributed by atoms with Gasteiger partial charge in [0, 0.05) is 16.0 Å². The molecule has 2 aromatic carbocycles. The van der Waals surface area contributed by atoms with Crippen LogP contribution >= 0.6 is 11.3 Å². The van der Waals surface area contributed by atoms with Crippen LogP contribution in [0.4, 0.5) is 5.69 Å². The van der Waals surface area contributed by atoms with Crippen LogP contribution in [0, 0.1) is 0 Å². The predicted molar refractivity (Wildman–Crippen MR) is 89.4 cm³/mol. The molecule has 0 aliphatic rings. The maximum absolute atomic E-state index is 12.4. The molecule has 4 aromatic rings. The maximum Gasteiger partial charge on any atom is 0.265 e. The smallest absolute Gasteiger partial charge is 0.265 e. The number of H-pyrrole nitrogens is 1. The summed E-state index contributed by atoms with van der Waals surface area (Å²) in [4.78, 5) is 13.1. The third-order valence-electron chi connectivity index (χ3n) is 3.37. The summed E-state index contributed by atoms with van der Waals surface area (Å²) in [5.41, 5.74) is 1.47. The second-order valence-electron chi connectivity index (χ2n) is 4.92. The Balaban J connectivity index is 1.60. The van der Waals surface area contributed by atoms with Gasteiger partial charge in [-0.05, 0) is 34.9 Å². The summed E-state index contributed by atoms with van der Waals surface area (Å²) >= 11 is 1.47. The molecule has 0 bridgehead atoms. The van der Waals surface area contributed by atoms with Crippen molar-refractivity contribution in [3.8, 4) is 11.4 Å². The van der Waals surface area contributed by atoms with Crippen molar-refractivity contribution in [3.05, 3.63) is 59.5 Å². The Morgan fingerprint density at radius 1 is 1.09 bits per heavy atom. The summed E-state index contributed by atoms with van der Waals surface area (Å²) in [7, 11) is 0. The van der Waals surface area contributed by atoms with Gasteiger partial charge in [-0.15, -0.1) is 21.5 Å². The number of aromatic amines is 1. The van der Waals surface area contributed by atoms with E-state index in [9.17, 15) is 4.79 Å². The number of tetrazole rings is 1. The van der Waals surface area contributed by atoms with Crippen molar-refractivity contribution in [2.45, 2.75) is 0 Å². The second-order valence-corrected chi connectivity index (χ2v) is 6.00. The van der Waals surface area contributed by atoms with E-state index in [4.69, 9.17) is 0 Å². The number of carbonyl (C=O) groups is 1. The van der Waals surface area contributed by atoms with Crippen LogP contribution in [0.15, 0.2) is 54.6 Å². The zero-order valence-electron chi connectivity index (χ0n) is 11.9. The minimum absolute atomic E-state index is 0.128. The molecule has 23 heavy (non-hydrogen) atoms. The zero-order chi connectivity index (χ0) is 15.6. The van der Waals surface area contributed by atoms with Gasteiger partial charge in [0.05, 0.1) is 4.88 Å². The van der Waals surface area contributed by atoms with Gasteiger partial charge in [0.25, 0.3) is 5.91 Å². The average Bonchev–Trinajstić information content (AvgIpc) is 3.24. The molecule has 6 nitrogen and oxygen atoms in total. The van der Waals surface area contributed by atoms with Gasteiger partial charge in [-0.1, -0.05) is 30.3 Å². The number of carbonyl (C=O) groups excluding carboxylic acids is 1. The lowest BCUT2D eigenvalue weighted by atomic mass is 10.2. The topological polar surface area (TPSA) is 83.6 Å². The van der Waals surface area contributed by atoms with E-state index in [0.29, 0.717) is 16.4 Å². The number of nitrogens with one attached hydrogen (secondary N) is 2. The van der Waals surface area contributed by atoms with Crippen molar-refractivity contribution in [2.75, 3.05) is 5.32 Å². The highest BCUT2D eigenvalue weighted by Gasteiger charge is 2.11. The Hall–Kier alpha value is -3.06. The number of hydrogen-bond donors (Lipinski definition) is 2. The van der Waals surface area contributed by atoms with Gasteiger partial charge in [0.1, 0.15) is 0 Å². The molecule has 1 amide bonds. The summed E-state index contributed by atoms with van der Waals surface area (Å²) in [6, 6.07) is 17.2. The molecular weight excluding hydrogens is 310 g/mol. The summed E-state index contributed by atoms with van der Waals surface area (Å²) in [6.45, 7) is 0. The first-order valence-electron chi connectivity index (χ1n) is 6.93. The van der Waals surface area contributed by atoms with Crippen LogP contribution in [0.25, 0.3) is 21.5 Å². The lowest BCUT2D eigenvalue weighted by molar-refractivity contribution is 0.103. The van der Waals surface area contributed by atoms with Gasteiger partial charge < -0.3 is 5.32 Å². The van der Waals surface area contributed by atoms with Crippen molar-refractivity contribution in [1.82, 2.24) is 20.6 Å². The second kappa shape index (κ2) is 5.62. The van der Waals surface area contributed by atoms with Crippen LogP contribution in [-0.4, -0.2) is 26.5 Å². The molecule has 112 valence electrons. The lowest BCUT2D eigenvalue weighted by Crippen LogP contribution is -2.09. The van der Waals surface area contributed by atoms with Crippen molar-refractivity contribution < 1.29 is 4.79 Å². The Morgan fingerprint density at radius 3 is 2.83 bits per heavy atom. The van der Waals surface area contributed by atoms with Gasteiger partial charge in [0.2, 0.25) is 5.82 Å². The number of rotatable bonds is 3. The number of benzene rings is 2. The first-order valence-corrected chi connectivity index (χ1v) is 7.75. The molecule has 0 unspecified atom stereocenters. The Labute approximate surface area is 135 Å². The third kappa shape index (κ3) is 2.69. The standard InChI is InChI=1S/C16H11N5OS/c22-16(14-9-10-4-1-2-7-13(10)23-14)17-12-6-3-5-11(8-12)15-18-20-21-19-15/h1-9H,(H,17,22)(H,18,19,20,21). The van der Waals surface area contributed by atoms with Gasteiger partial charge in [-0.3, -0.25) is 4.79 Å². The summed E-state index contributed by atoms with van der Waals surface area (Å²) in [6.07, 6.45) is 0. The number of nitrogens with zero attached hydrogens (tertiary/aromatic N) is 3. The Bertz CT molecular complexity index is 944. The molecule has 0 radical (unpaired) electrons. The van der Waals surface area contributed by atoms with Crippen LogP contribution in [-0.2, 0) is 0 Å². The largest absolute Gasteiger partial charge is 0.321 e. The van der Waals surface area contributed by atoms with Crippen molar-refractivity contribution in [3.63, 3.8) is 0 Å². The van der Waals surface area contributed by atoms with E-state index in [1.54, 1.807) is 0 Å². The van der Waals surface area contributed by atoms with Crippen LogP contribution in [0.5, 0.6) is 0 Å². The molecular formula is C16H11N5OS. The molecule has 7 heteroatoms. The highest BCUT2D eigenvalue weighted by molar-refractivity contribution is 7.20. The zero-order valence-corrected chi connectivity index (χ0v) is 12.7. The molecule has 0 atom stereocenters. The third-order valence-corrected chi connectivity index (χ3v) is 4.49. The number of amides is 1. The van der Waals surface area contributed by atoms with E-state index in [1.807, 2.05) is 54.6 Å². The van der Waals surface area contributed by atoms with Crippen LogP contribution in [0.3, 0.4) is 0 Å². The number of fused-ring (bicyclic) bond motifs is 1. The molecule has 2 heterocycles. The lowest BCUT2D eigenvalue weighted by Gasteiger charge is -2.04. The molecule has 0 aliphatic carbocycles. The van der Waals surface area contributed by atoms with Crippen LogP contribution in [0.2, 0.25) is 0 Å². The fourth-order valence-electron chi connectivity index (χ4n) is 2.31. The van der Waals surface area contributed by atoms with E-state index in [0.717, 1.165) is 15.6 Å². The van der Waals surface area contributed by atoms with E-state index in [-0.39, 0.29) is 5.91 Å². The molecule has 0 fully saturated rings. The van der Waals surface area contributed by atoms with Gasteiger partial charge in [-0.2, -0.15) is 5.21 Å². The van der Waals surface area contributed by atoms with E-state index in [2.05, 4.69) is 25.9 Å². The first kappa shape index (κ1) is 13.6. The van der Waals surface area contributed by atoms with Crippen molar-refractivity contribution in [2.24, 2.45) is 0 Å². The maximum atomic E-state index is 12.4. The Kier molecular flexibility index (Phi) is 3.32. The minimum atomic E-state index is -0.128. The molecule has 0 saturated heterocycles. The number of thiophene rings is 1. The SMILES string of the molecule is O=C(Nc1cccc(-c2nn[nH]n2)c1)c1cc2ccccc2s1. The van der Waals surface area contributed by atoms with Gasteiger partial charge in [-0.25, -0.2) is 0 Å². The fourth-order valence-corrected chi connectivity index (χ4v) is 3.26. The number of anilines is 1. The summed E-state index contributed by atoms with van der Waals surface area (Å²) in [5, 5.41) is 17.8. The quantitative estimate of drug-likeness (QED) is 0.606.